The van der Waals surface area contributed by atoms with E-state index in [1.54, 1.807) is 17.0 Å². The van der Waals surface area contributed by atoms with E-state index in [1.165, 1.54) is 7.11 Å². The van der Waals surface area contributed by atoms with Gasteiger partial charge in [-0.05, 0) is 43.7 Å². The van der Waals surface area contributed by atoms with E-state index in [-0.39, 0.29) is 18.9 Å². The summed E-state index contributed by atoms with van der Waals surface area (Å²) in [7, 11) is 1.51. The molecule has 0 radical (unpaired) electrons. The van der Waals surface area contributed by atoms with Gasteiger partial charge in [-0.1, -0.05) is 23.8 Å². The van der Waals surface area contributed by atoms with Gasteiger partial charge >= 0.3 is 5.97 Å². The molecular formula is C22H24N2O5. The predicted molar refractivity (Wildman–Crippen MR) is 109 cm³/mol. The summed E-state index contributed by atoms with van der Waals surface area (Å²) in [6, 6.07) is 12.9. The normalized spacial score (nSPS) is 15.9. The van der Waals surface area contributed by atoms with Crippen LogP contribution in [0.4, 0.5) is 11.4 Å². The molecule has 7 nitrogen and oxygen atoms in total. The molecule has 0 aromatic heterocycles. The molecule has 29 heavy (non-hydrogen) atoms. The molecule has 1 atom stereocenters. The number of rotatable bonds is 6. The van der Waals surface area contributed by atoms with Crippen LogP contribution in [0.3, 0.4) is 0 Å². The summed E-state index contributed by atoms with van der Waals surface area (Å²) >= 11 is 0. The lowest BCUT2D eigenvalue weighted by Crippen LogP contribution is -2.28. The van der Waals surface area contributed by atoms with Crippen LogP contribution in [-0.4, -0.2) is 38.0 Å². The Hall–Kier alpha value is -3.35. The molecule has 1 heterocycles. The molecule has 0 spiro atoms. The molecule has 0 aliphatic carbocycles. The fourth-order valence-corrected chi connectivity index (χ4v) is 3.20. The maximum atomic E-state index is 12.4. The number of nitrogens with zero attached hydrogens (tertiary/aromatic N) is 1. The highest BCUT2D eigenvalue weighted by molar-refractivity contribution is 6.00. The SMILES string of the molecule is COc1ccc(C)cc1NC(=O)COC(=O)[C@@H]1CC(=O)N(c2ccc(C)cc2)C1. The molecule has 0 saturated carbocycles. The van der Waals surface area contributed by atoms with E-state index in [0.29, 0.717) is 11.4 Å². The summed E-state index contributed by atoms with van der Waals surface area (Å²) in [5.41, 5.74) is 3.31. The fourth-order valence-electron chi connectivity index (χ4n) is 3.20. The van der Waals surface area contributed by atoms with Gasteiger partial charge in [0.05, 0.1) is 18.7 Å². The van der Waals surface area contributed by atoms with Gasteiger partial charge in [0.25, 0.3) is 5.91 Å². The van der Waals surface area contributed by atoms with E-state index < -0.39 is 24.4 Å². The monoisotopic (exact) mass is 396 g/mol. The number of amides is 2. The largest absolute Gasteiger partial charge is 0.495 e. The fraction of sp³-hybridized carbons (Fsp3) is 0.318. The Morgan fingerprint density at radius 1 is 1.10 bits per heavy atom. The van der Waals surface area contributed by atoms with Crippen molar-refractivity contribution in [2.24, 2.45) is 5.92 Å². The van der Waals surface area contributed by atoms with Crippen LogP contribution in [0.5, 0.6) is 5.75 Å². The lowest BCUT2D eigenvalue weighted by Gasteiger charge is -2.16. The molecule has 1 N–H and O–H groups in total. The van der Waals surface area contributed by atoms with Crippen molar-refractivity contribution in [1.29, 1.82) is 0 Å². The van der Waals surface area contributed by atoms with Crippen LogP contribution in [0.2, 0.25) is 0 Å². The first-order valence-electron chi connectivity index (χ1n) is 9.35. The topological polar surface area (TPSA) is 84.9 Å². The van der Waals surface area contributed by atoms with Crippen LogP contribution < -0.4 is 15.0 Å². The maximum absolute atomic E-state index is 12.4. The lowest BCUT2D eigenvalue weighted by molar-refractivity contribution is -0.151. The molecule has 7 heteroatoms. The minimum atomic E-state index is -0.592. The first kappa shape index (κ1) is 20.4. The first-order chi connectivity index (χ1) is 13.9. The van der Waals surface area contributed by atoms with Crippen molar-refractivity contribution in [3.05, 3.63) is 53.6 Å². The summed E-state index contributed by atoms with van der Waals surface area (Å²) in [5.74, 6) is -1.23. The second-order valence-electron chi connectivity index (χ2n) is 7.10. The van der Waals surface area contributed by atoms with E-state index in [1.807, 2.05) is 44.2 Å². The average Bonchev–Trinajstić information content (AvgIpc) is 3.09. The summed E-state index contributed by atoms with van der Waals surface area (Å²) in [5, 5.41) is 2.68. The van der Waals surface area contributed by atoms with E-state index >= 15 is 0 Å². The molecule has 0 unspecified atom stereocenters. The molecule has 2 amide bonds. The summed E-state index contributed by atoms with van der Waals surface area (Å²) in [6.45, 7) is 3.68. The number of hydrogen-bond acceptors (Lipinski definition) is 5. The Bertz CT molecular complexity index is 923. The van der Waals surface area contributed by atoms with Gasteiger partial charge < -0.3 is 19.7 Å². The summed E-state index contributed by atoms with van der Waals surface area (Å²) < 4.78 is 10.4. The summed E-state index contributed by atoms with van der Waals surface area (Å²) in [4.78, 5) is 38.4. The highest BCUT2D eigenvalue weighted by atomic mass is 16.5. The number of hydrogen-bond donors (Lipinski definition) is 1. The van der Waals surface area contributed by atoms with Crippen molar-refractivity contribution in [2.45, 2.75) is 20.3 Å². The van der Waals surface area contributed by atoms with Crippen molar-refractivity contribution >= 4 is 29.2 Å². The van der Waals surface area contributed by atoms with E-state index in [9.17, 15) is 14.4 Å². The van der Waals surface area contributed by atoms with Gasteiger partial charge in [0, 0.05) is 18.7 Å². The molecular weight excluding hydrogens is 372 g/mol. The molecule has 152 valence electrons. The van der Waals surface area contributed by atoms with Crippen LogP contribution in [0, 0.1) is 19.8 Å². The lowest BCUT2D eigenvalue weighted by atomic mass is 10.1. The van der Waals surface area contributed by atoms with Gasteiger partial charge in [-0.15, -0.1) is 0 Å². The third kappa shape index (κ3) is 4.93. The Morgan fingerprint density at radius 2 is 1.79 bits per heavy atom. The zero-order valence-corrected chi connectivity index (χ0v) is 16.7. The molecule has 1 fully saturated rings. The van der Waals surface area contributed by atoms with Gasteiger partial charge in [-0.3, -0.25) is 14.4 Å². The summed E-state index contributed by atoms with van der Waals surface area (Å²) in [6.07, 6.45) is 0.0695. The molecule has 3 rings (SSSR count). The second kappa shape index (κ2) is 8.77. The Balaban J connectivity index is 1.54. The van der Waals surface area contributed by atoms with Crippen LogP contribution in [0.15, 0.2) is 42.5 Å². The second-order valence-corrected chi connectivity index (χ2v) is 7.10. The quantitative estimate of drug-likeness (QED) is 0.759. The van der Waals surface area contributed by atoms with Gasteiger partial charge in [-0.25, -0.2) is 0 Å². The zero-order valence-electron chi connectivity index (χ0n) is 16.7. The van der Waals surface area contributed by atoms with Crippen LogP contribution >= 0.6 is 0 Å². The number of nitrogens with one attached hydrogen (secondary N) is 1. The van der Waals surface area contributed by atoms with Crippen LogP contribution in [-0.2, 0) is 19.1 Å². The molecule has 1 aliphatic rings. The smallest absolute Gasteiger partial charge is 0.311 e. The standard InChI is InChI=1S/C22H24N2O5/c1-14-4-7-17(8-5-14)24-12-16(11-21(24)26)22(27)29-13-20(25)23-18-10-15(2)6-9-19(18)28-3/h4-10,16H,11-13H2,1-3H3,(H,23,25)/t16-/m1/s1. The van der Waals surface area contributed by atoms with E-state index in [0.717, 1.165) is 16.8 Å². The van der Waals surface area contributed by atoms with Crippen LogP contribution in [0.1, 0.15) is 17.5 Å². The van der Waals surface area contributed by atoms with Crippen molar-refractivity contribution in [2.75, 3.05) is 30.5 Å². The van der Waals surface area contributed by atoms with Gasteiger partial charge in [-0.2, -0.15) is 0 Å². The average molecular weight is 396 g/mol. The highest BCUT2D eigenvalue weighted by Crippen LogP contribution is 2.27. The first-order valence-corrected chi connectivity index (χ1v) is 9.35. The number of aryl methyl sites for hydroxylation is 2. The van der Waals surface area contributed by atoms with Crippen molar-refractivity contribution < 1.29 is 23.9 Å². The molecule has 0 bridgehead atoms. The van der Waals surface area contributed by atoms with Crippen LogP contribution in [0.25, 0.3) is 0 Å². The highest BCUT2D eigenvalue weighted by Gasteiger charge is 2.36. The van der Waals surface area contributed by atoms with Gasteiger partial charge in [0.15, 0.2) is 6.61 Å². The minimum absolute atomic E-state index is 0.0695. The number of anilines is 2. The Kier molecular flexibility index (Phi) is 6.16. The molecule has 2 aromatic carbocycles. The molecule has 1 aliphatic heterocycles. The van der Waals surface area contributed by atoms with E-state index in [4.69, 9.17) is 9.47 Å². The molecule has 2 aromatic rings. The predicted octanol–water partition coefficient (Wildman–Crippen LogP) is 2.85. The van der Waals surface area contributed by atoms with Crippen molar-refractivity contribution in [1.82, 2.24) is 0 Å². The third-order valence-electron chi connectivity index (χ3n) is 4.78. The van der Waals surface area contributed by atoms with Crippen molar-refractivity contribution in [3.63, 3.8) is 0 Å². The number of benzene rings is 2. The zero-order chi connectivity index (χ0) is 21.0. The number of carbonyl (C=O) groups excluding carboxylic acids is 3. The number of esters is 1. The number of methoxy groups -OCH3 is 1. The Morgan fingerprint density at radius 3 is 2.48 bits per heavy atom. The third-order valence-corrected chi connectivity index (χ3v) is 4.78. The molecule has 1 saturated heterocycles. The van der Waals surface area contributed by atoms with Gasteiger partial charge in [0.1, 0.15) is 5.75 Å². The number of carbonyl (C=O) groups is 3. The van der Waals surface area contributed by atoms with Crippen molar-refractivity contribution in [3.8, 4) is 5.75 Å². The Labute approximate surface area is 169 Å². The van der Waals surface area contributed by atoms with Gasteiger partial charge in [0.2, 0.25) is 5.91 Å². The minimum Gasteiger partial charge on any atom is -0.495 e. The number of ether oxygens (including phenoxy) is 2. The van der Waals surface area contributed by atoms with E-state index in [2.05, 4.69) is 5.32 Å². The maximum Gasteiger partial charge on any atom is 0.311 e.